The molecule has 39 heavy (non-hydrogen) atoms. The summed E-state index contributed by atoms with van der Waals surface area (Å²) in [7, 11) is 0. The van der Waals surface area contributed by atoms with Gasteiger partial charge in [0.25, 0.3) is 11.8 Å². The van der Waals surface area contributed by atoms with Gasteiger partial charge in [0.15, 0.2) is 12.1 Å². The van der Waals surface area contributed by atoms with Crippen LogP contribution >= 0.6 is 0 Å². The van der Waals surface area contributed by atoms with Crippen LogP contribution in [0.5, 0.6) is 0 Å². The van der Waals surface area contributed by atoms with Gasteiger partial charge < -0.3 is 20.4 Å². The van der Waals surface area contributed by atoms with Crippen LogP contribution in [-0.4, -0.2) is 81.7 Å². The number of amides is 2. The van der Waals surface area contributed by atoms with Crippen molar-refractivity contribution in [1.82, 2.24) is 30.4 Å². The summed E-state index contributed by atoms with van der Waals surface area (Å²) in [6.07, 6.45) is 7.80. The largest absolute Gasteiger partial charge is 0.340 e. The SMILES string of the molecule is C#CCNC(=O)c1cc(Nc2cc(C3CC3)[nH]n2)nc(N2CCN(C(=O)c3ccc(C(=O)C=O)cc3)CC2)n1. The molecule has 3 heterocycles. The van der Waals surface area contributed by atoms with Gasteiger partial charge in [0.2, 0.25) is 11.7 Å². The number of aromatic nitrogens is 4. The summed E-state index contributed by atoms with van der Waals surface area (Å²) in [5.41, 5.74) is 1.87. The van der Waals surface area contributed by atoms with Crippen LogP contribution < -0.4 is 15.5 Å². The predicted molar refractivity (Wildman–Crippen MR) is 142 cm³/mol. The number of anilines is 3. The van der Waals surface area contributed by atoms with Crippen molar-refractivity contribution in [3.8, 4) is 12.3 Å². The van der Waals surface area contributed by atoms with Gasteiger partial charge in [-0.05, 0) is 25.0 Å². The van der Waals surface area contributed by atoms with Crippen LogP contribution in [0.15, 0.2) is 36.4 Å². The van der Waals surface area contributed by atoms with E-state index in [2.05, 4.69) is 36.7 Å². The first-order valence-electron chi connectivity index (χ1n) is 12.5. The molecule has 0 bridgehead atoms. The maximum Gasteiger partial charge on any atom is 0.270 e. The average molecular weight is 527 g/mol. The molecule has 2 aliphatic rings. The number of carbonyl (C=O) groups is 4. The molecule has 0 radical (unpaired) electrons. The third-order valence-corrected chi connectivity index (χ3v) is 6.54. The second-order valence-corrected chi connectivity index (χ2v) is 9.27. The highest BCUT2D eigenvalue weighted by molar-refractivity contribution is 6.33. The van der Waals surface area contributed by atoms with E-state index in [0.29, 0.717) is 55.2 Å². The van der Waals surface area contributed by atoms with Gasteiger partial charge in [0, 0.05) is 61.1 Å². The van der Waals surface area contributed by atoms with Crippen LogP contribution in [-0.2, 0) is 4.79 Å². The Morgan fingerprint density at radius 3 is 2.41 bits per heavy atom. The first-order valence-corrected chi connectivity index (χ1v) is 12.5. The number of carbonyl (C=O) groups excluding carboxylic acids is 4. The molecule has 2 fully saturated rings. The minimum Gasteiger partial charge on any atom is -0.340 e. The predicted octanol–water partition coefficient (Wildman–Crippen LogP) is 1.53. The minimum atomic E-state index is -0.637. The first kappa shape index (κ1) is 25.6. The number of ketones is 1. The zero-order chi connectivity index (χ0) is 27.4. The number of nitrogens with one attached hydrogen (secondary N) is 3. The molecule has 5 rings (SSSR count). The highest BCUT2D eigenvalue weighted by Gasteiger charge is 2.27. The fourth-order valence-electron chi connectivity index (χ4n) is 4.25. The van der Waals surface area contributed by atoms with E-state index in [1.165, 1.54) is 24.3 Å². The van der Waals surface area contributed by atoms with Gasteiger partial charge in [-0.1, -0.05) is 18.1 Å². The number of aldehydes is 1. The molecular formula is C27H26N8O4. The topological polar surface area (TPSA) is 153 Å². The van der Waals surface area contributed by atoms with Crippen molar-refractivity contribution in [2.24, 2.45) is 0 Å². The lowest BCUT2D eigenvalue weighted by Gasteiger charge is -2.35. The Labute approximate surface area is 224 Å². The zero-order valence-corrected chi connectivity index (χ0v) is 21.0. The highest BCUT2D eigenvalue weighted by atomic mass is 16.2. The molecule has 198 valence electrons. The van der Waals surface area contributed by atoms with Crippen molar-refractivity contribution in [2.75, 3.05) is 42.9 Å². The number of aromatic amines is 1. The smallest absolute Gasteiger partial charge is 0.270 e. The Kier molecular flexibility index (Phi) is 7.31. The Balaban J connectivity index is 1.29. The number of piperazine rings is 1. The molecule has 1 aliphatic heterocycles. The molecule has 12 heteroatoms. The van der Waals surface area contributed by atoms with Gasteiger partial charge in [-0.25, -0.2) is 4.98 Å². The molecule has 1 aromatic carbocycles. The van der Waals surface area contributed by atoms with E-state index < -0.39 is 11.7 Å². The molecule has 1 saturated carbocycles. The van der Waals surface area contributed by atoms with Crippen molar-refractivity contribution in [3.63, 3.8) is 0 Å². The number of terminal acetylenes is 1. The number of hydrogen-bond acceptors (Lipinski definition) is 9. The lowest BCUT2D eigenvalue weighted by molar-refractivity contribution is -0.104. The molecule has 1 aliphatic carbocycles. The van der Waals surface area contributed by atoms with Crippen molar-refractivity contribution >= 4 is 41.5 Å². The number of Topliss-reactive ketones (excluding diaryl/α,β-unsaturated/α-hetero) is 1. The van der Waals surface area contributed by atoms with E-state index in [-0.39, 0.29) is 30.0 Å². The van der Waals surface area contributed by atoms with E-state index >= 15 is 0 Å². The molecule has 3 aromatic rings. The van der Waals surface area contributed by atoms with E-state index in [0.717, 1.165) is 18.5 Å². The molecule has 2 aromatic heterocycles. The summed E-state index contributed by atoms with van der Waals surface area (Å²) in [6.45, 7) is 1.75. The first-order chi connectivity index (χ1) is 18.9. The van der Waals surface area contributed by atoms with Crippen molar-refractivity contribution in [3.05, 3.63) is 58.9 Å². The van der Waals surface area contributed by atoms with Gasteiger partial charge in [-0.2, -0.15) is 10.1 Å². The summed E-state index contributed by atoms with van der Waals surface area (Å²) >= 11 is 0. The second-order valence-electron chi connectivity index (χ2n) is 9.27. The highest BCUT2D eigenvalue weighted by Crippen LogP contribution is 2.39. The summed E-state index contributed by atoms with van der Waals surface area (Å²) in [4.78, 5) is 60.5. The number of nitrogens with zero attached hydrogens (tertiary/aromatic N) is 5. The molecule has 0 unspecified atom stereocenters. The quantitative estimate of drug-likeness (QED) is 0.163. The molecular weight excluding hydrogens is 500 g/mol. The lowest BCUT2D eigenvalue weighted by Crippen LogP contribution is -2.49. The normalized spacial score (nSPS) is 14.8. The monoisotopic (exact) mass is 526 g/mol. The van der Waals surface area contributed by atoms with Crippen LogP contribution in [0.4, 0.5) is 17.6 Å². The lowest BCUT2D eigenvalue weighted by atomic mass is 10.1. The zero-order valence-electron chi connectivity index (χ0n) is 21.0. The van der Waals surface area contributed by atoms with Crippen LogP contribution in [0.25, 0.3) is 0 Å². The fourth-order valence-corrected chi connectivity index (χ4v) is 4.25. The maximum atomic E-state index is 13.0. The van der Waals surface area contributed by atoms with Crippen molar-refractivity contribution in [1.29, 1.82) is 0 Å². The number of H-pyrrole nitrogens is 1. The van der Waals surface area contributed by atoms with Crippen LogP contribution in [0.2, 0.25) is 0 Å². The Bertz CT molecular complexity index is 1450. The maximum absolute atomic E-state index is 13.0. The summed E-state index contributed by atoms with van der Waals surface area (Å²) < 4.78 is 0. The van der Waals surface area contributed by atoms with Gasteiger partial charge >= 0.3 is 0 Å². The minimum absolute atomic E-state index is 0.0656. The van der Waals surface area contributed by atoms with Crippen LogP contribution in [0.1, 0.15) is 55.7 Å². The van der Waals surface area contributed by atoms with E-state index in [1.807, 2.05) is 11.0 Å². The summed E-state index contributed by atoms with van der Waals surface area (Å²) in [6, 6.07) is 9.48. The number of rotatable bonds is 9. The second kappa shape index (κ2) is 11.1. The molecule has 12 nitrogen and oxygen atoms in total. The van der Waals surface area contributed by atoms with Gasteiger partial charge in [-0.15, -0.1) is 6.42 Å². The van der Waals surface area contributed by atoms with E-state index in [9.17, 15) is 19.2 Å². The van der Waals surface area contributed by atoms with E-state index in [1.54, 1.807) is 11.0 Å². The van der Waals surface area contributed by atoms with Gasteiger partial charge in [-0.3, -0.25) is 24.3 Å². The van der Waals surface area contributed by atoms with Crippen molar-refractivity contribution in [2.45, 2.75) is 18.8 Å². The average Bonchev–Trinajstić information content (AvgIpc) is 3.73. The van der Waals surface area contributed by atoms with Gasteiger partial charge in [0.1, 0.15) is 11.5 Å². The number of benzene rings is 1. The van der Waals surface area contributed by atoms with Gasteiger partial charge in [0.05, 0.1) is 6.54 Å². The Hall–Kier alpha value is -5.05. The van der Waals surface area contributed by atoms with E-state index in [4.69, 9.17) is 6.42 Å². The molecule has 2 amide bonds. The molecule has 1 saturated heterocycles. The molecule has 0 spiro atoms. The third kappa shape index (κ3) is 5.93. The Morgan fingerprint density at radius 2 is 1.74 bits per heavy atom. The summed E-state index contributed by atoms with van der Waals surface area (Å²) in [5, 5.41) is 13.1. The van der Waals surface area contributed by atoms with Crippen molar-refractivity contribution < 1.29 is 19.2 Å². The third-order valence-electron chi connectivity index (χ3n) is 6.54. The fraction of sp³-hybridized carbons (Fsp3) is 0.296. The van der Waals surface area contributed by atoms with Crippen LogP contribution in [0.3, 0.4) is 0 Å². The Morgan fingerprint density at radius 1 is 1.03 bits per heavy atom. The molecule has 0 atom stereocenters. The summed E-state index contributed by atoms with van der Waals surface area (Å²) in [5.74, 6) is 2.97. The molecule has 3 N–H and O–H groups in total. The van der Waals surface area contributed by atoms with Crippen LogP contribution in [0, 0.1) is 12.3 Å². The standard InChI is InChI=1S/C27H26N8O4/c1-2-9-28-25(38)21-15-23(30-24-14-20(32-33-24)17-3-4-17)31-27(29-21)35-12-10-34(11-13-35)26(39)19-7-5-18(6-8-19)22(37)16-36/h1,5-8,14-17H,3-4,9-13H2,(H,28,38)(H2,29,30,31,32,33). The number of hydrogen-bond donors (Lipinski definition) is 3.